The molecule has 22 heavy (non-hydrogen) atoms. The van der Waals surface area contributed by atoms with Crippen molar-refractivity contribution in [2.75, 3.05) is 13.1 Å². The zero-order valence-corrected chi connectivity index (χ0v) is 12.6. The summed E-state index contributed by atoms with van der Waals surface area (Å²) >= 11 is 0. The number of amidine groups is 1. The quantitative estimate of drug-likeness (QED) is 0.600. The van der Waals surface area contributed by atoms with E-state index < -0.39 is 0 Å². The van der Waals surface area contributed by atoms with E-state index in [-0.39, 0.29) is 17.7 Å². The van der Waals surface area contributed by atoms with Crippen molar-refractivity contribution in [3.63, 3.8) is 0 Å². The smallest absolute Gasteiger partial charge is 0.219 e. The van der Waals surface area contributed by atoms with E-state index in [9.17, 15) is 9.90 Å². The van der Waals surface area contributed by atoms with Crippen molar-refractivity contribution in [2.24, 2.45) is 10.9 Å². The van der Waals surface area contributed by atoms with Gasteiger partial charge in [0.2, 0.25) is 5.91 Å². The third kappa shape index (κ3) is 2.77. The second-order valence-electron chi connectivity index (χ2n) is 5.74. The van der Waals surface area contributed by atoms with Gasteiger partial charge in [0.1, 0.15) is 11.6 Å². The first-order valence-electron chi connectivity index (χ1n) is 7.46. The van der Waals surface area contributed by atoms with Crippen LogP contribution in [0.25, 0.3) is 0 Å². The summed E-state index contributed by atoms with van der Waals surface area (Å²) in [7, 11) is 0. The van der Waals surface area contributed by atoms with Gasteiger partial charge in [-0.3, -0.25) is 4.79 Å². The van der Waals surface area contributed by atoms with Gasteiger partial charge in [0, 0.05) is 25.9 Å². The van der Waals surface area contributed by atoms with Crippen LogP contribution in [0.5, 0.6) is 0 Å². The average Bonchev–Trinajstić information content (AvgIpc) is 2.80. The van der Waals surface area contributed by atoms with Gasteiger partial charge in [-0.1, -0.05) is 18.4 Å². The minimum absolute atomic E-state index is 0.0230. The molecule has 2 heterocycles. The first-order valence-corrected chi connectivity index (χ1v) is 7.46. The van der Waals surface area contributed by atoms with Crippen LogP contribution < -0.4 is 5.32 Å². The highest BCUT2D eigenvalue weighted by molar-refractivity contribution is 5.90. The fourth-order valence-electron chi connectivity index (χ4n) is 2.90. The van der Waals surface area contributed by atoms with Crippen LogP contribution in [0.2, 0.25) is 0 Å². The Balaban J connectivity index is 1.69. The molecule has 0 aromatic heterocycles. The lowest BCUT2D eigenvalue weighted by Crippen LogP contribution is -2.41. The van der Waals surface area contributed by atoms with Gasteiger partial charge in [-0.2, -0.15) is 0 Å². The molecule has 0 spiro atoms. The number of rotatable bonds is 2. The van der Waals surface area contributed by atoms with Gasteiger partial charge in [0.05, 0.1) is 11.3 Å². The van der Waals surface area contributed by atoms with Crippen molar-refractivity contribution in [1.29, 1.82) is 0 Å². The molecule has 0 radical (unpaired) electrons. The lowest BCUT2D eigenvalue weighted by Gasteiger charge is -2.31. The predicted molar refractivity (Wildman–Crippen MR) is 85.0 cm³/mol. The third-order valence-corrected chi connectivity index (χ3v) is 4.25. The van der Waals surface area contributed by atoms with E-state index in [0.717, 1.165) is 37.5 Å². The summed E-state index contributed by atoms with van der Waals surface area (Å²) in [6, 6.07) is -0.200. The molecule has 1 amide bonds. The third-order valence-electron chi connectivity index (χ3n) is 4.25. The Bertz CT molecular complexity index is 668. The minimum atomic E-state index is -0.200. The second-order valence-corrected chi connectivity index (χ2v) is 5.74. The summed E-state index contributed by atoms with van der Waals surface area (Å²) in [6.07, 6.45) is 5.49. The number of carbonyl (C=O) groups is 1. The van der Waals surface area contributed by atoms with Crippen molar-refractivity contribution in [3.05, 3.63) is 35.8 Å². The van der Waals surface area contributed by atoms with E-state index in [2.05, 4.69) is 28.7 Å². The summed E-state index contributed by atoms with van der Waals surface area (Å²) in [6.45, 7) is 6.67. The summed E-state index contributed by atoms with van der Waals surface area (Å²) in [5, 5.41) is 12.8. The number of aliphatic imine (C=N–C) groups is 1. The molecule has 1 saturated heterocycles. The zero-order chi connectivity index (χ0) is 15.7. The van der Waals surface area contributed by atoms with Crippen LogP contribution in [0, 0.1) is 17.8 Å². The van der Waals surface area contributed by atoms with Crippen molar-refractivity contribution in [2.45, 2.75) is 25.8 Å². The summed E-state index contributed by atoms with van der Waals surface area (Å²) in [5.41, 5.74) is 1.46. The number of aliphatic hydroxyl groups is 1. The molecule has 0 aromatic rings. The van der Waals surface area contributed by atoms with Gasteiger partial charge < -0.3 is 15.3 Å². The molecule has 0 aromatic carbocycles. The highest BCUT2D eigenvalue weighted by atomic mass is 16.3. The highest BCUT2D eigenvalue weighted by Gasteiger charge is 2.30. The summed E-state index contributed by atoms with van der Waals surface area (Å²) in [5.74, 6) is 7.39. The lowest BCUT2D eigenvalue weighted by atomic mass is 9.95. The molecule has 0 bridgehead atoms. The molecule has 1 atom stereocenters. The van der Waals surface area contributed by atoms with Crippen molar-refractivity contribution >= 4 is 11.7 Å². The summed E-state index contributed by atoms with van der Waals surface area (Å²) in [4.78, 5) is 17.9. The number of piperidine rings is 1. The molecule has 0 saturated carbocycles. The Morgan fingerprint density at radius 3 is 2.82 bits per heavy atom. The van der Waals surface area contributed by atoms with E-state index in [1.165, 1.54) is 0 Å². The molecule has 3 rings (SSSR count). The maximum absolute atomic E-state index is 11.4. The van der Waals surface area contributed by atoms with Crippen LogP contribution in [0.4, 0.5) is 0 Å². The molecule has 1 aliphatic carbocycles. The molecule has 3 aliphatic rings. The molecular weight excluding hydrogens is 278 g/mol. The van der Waals surface area contributed by atoms with Crippen LogP contribution in [-0.4, -0.2) is 40.9 Å². The number of hydrogen-bond donors (Lipinski definition) is 2. The SMILES string of the molecule is C=C(O)C1=CC=C2NC(C3CCN(C(C)=O)CC3)=NC2C#C1. The van der Waals surface area contributed by atoms with E-state index in [1.54, 1.807) is 13.0 Å². The first kappa shape index (κ1) is 14.5. The van der Waals surface area contributed by atoms with Crippen molar-refractivity contribution in [1.82, 2.24) is 10.2 Å². The van der Waals surface area contributed by atoms with E-state index in [4.69, 9.17) is 0 Å². The lowest BCUT2D eigenvalue weighted by molar-refractivity contribution is -0.129. The number of likely N-dealkylation sites (tertiary alicyclic amines) is 1. The molecule has 1 fully saturated rings. The number of aliphatic hydroxyl groups excluding tert-OH is 1. The standard InChI is InChI=1S/C17H19N3O2/c1-11(21)13-3-5-15-16(6-4-13)19-17(18-15)14-7-9-20(10-8-14)12(2)22/h3,5,14,16,21H,1,7-10H2,2H3,(H,18,19). The van der Waals surface area contributed by atoms with Crippen LogP contribution in [0.15, 0.2) is 40.8 Å². The van der Waals surface area contributed by atoms with Crippen LogP contribution >= 0.6 is 0 Å². The molecule has 2 N–H and O–H groups in total. The number of amides is 1. The second kappa shape index (κ2) is 5.72. The topological polar surface area (TPSA) is 64.9 Å². The molecule has 5 heteroatoms. The predicted octanol–water partition coefficient (Wildman–Crippen LogP) is 1.51. The van der Waals surface area contributed by atoms with E-state index >= 15 is 0 Å². The normalized spacial score (nSPS) is 24.0. The Labute approximate surface area is 130 Å². The van der Waals surface area contributed by atoms with Crippen LogP contribution in [0.3, 0.4) is 0 Å². The maximum atomic E-state index is 11.4. The van der Waals surface area contributed by atoms with Gasteiger partial charge in [0.15, 0.2) is 6.04 Å². The van der Waals surface area contributed by atoms with Gasteiger partial charge in [-0.25, -0.2) is 4.99 Å². The molecule has 114 valence electrons. The van der Waals surface area contributed by atoms with Crippen LogP contribution in [0.1, 0.15) is 19.8 Å². The van der Waals surface area contributed by atoms with E-state index in [1.807, 2.05) is 11.0 Å². The number of fused-ring (bicyclic) bond motifs is 1. The Morgan fingerprint density at radius 1 is 1.45 bits per heavy atom. The largest absolute Gasteiger partial charge is 0.507 e. The fraction of sp³-hybridized carbons (Fsp3) is 0.412. The van der Waals surface area contributed by atoms with E-state index in [0.29, 0.717) is 11.5 Å². The Morgan fingerprint density at radius 2 is 2.18 bits per heavy atom. The highest BCUT2D eigenvalue weighted by Crippen LogP contribution is 2.24. The maximum Gasteiger partial charge on any atom is 0.219 e. The first-order chi connectivity index (χ1) is 10.5. The summed E-state index contributed by atoms with van der Waals surface area (Å²) < 4.78 is 0. The number of nitrogens with zero attached hydrogens (tertiary/aromatic N) is 2. The van der Waals surface area contributed by atoms with Gasteiger partial charge in [-0.15, -0.1) is 0 Å². The van der Waals surface area contributed by atoms with Gasteiger partial charge in [-0.05, 0) is 25.0 Å². The number of allylic oxidation sites excluding steroid dienone is 3. The van der Waals surface area contributed by atoms with Crippen molar-refractivity contribution < 1.29 is 9.90 Å². The number of nitrogens with one attached hydrogen (secondary N) is 1. The Hall–Kier alpha value is -2.48. The van der Waals surface area contributed by atoms with Gasteiger partial charge >= 0.3 is 0 Å². The molecule has 2 aliphatic heterocycles. The van der Waals surface area contributed by atoms with Crippen LogP contribution in [-0.2, 0) is 4.79 Å². The van der Waals surface area contributed by atoms with Crippen molar-refractivity contribution in [3.8, 4) is 11.8 Å². The average molecular weight is 297 g/mol. The number of hydrogen-bond acceptors (Lipinski definition) is 4. The molecular formula is C17H19N3O2. The van der Waals surface area contributed by atoms with Gasteiger partial charge in [0.25, 0.3) is 0 Å². The fourth-order valence-corrected chi connectivity index (χ4v) is 2.90. The molecule has 1 unspecified atom stereocenters. The monoisotopic (exact) mass is 297 g/mol. The zero-order valence-electron chi connectivity index (χ0n) is 12.6. The molecule has 5 nitrogen and oxygen atoms in total. The Kier molecular flexibility index (Phi) is 3.76. The minimum Gasteiger partial charge on any atom is -0.507 e. The number of carbonyl (C=O) groups excluding carboxylic acids is 1.